The van der Waals surface area contributed by atoms with E-state index in [0.29, 0.717) is 42.8 Å². The lowest BCUT2D eigenvalue weighted by atomic mass is 9.72. The van der Waals surface area contributed by atoms with Crippen LogP contribution in [0.3, 0.4) is 0 Å². The molecule has 9 nitrogen and oxygen atoms in total. The molecule has 156 valence electrons. The Kier molecular flexibility index (Phi) is 4.89. The predicted octanol–water partition coefficient (Wildman–Crippen LogP) is 1.80. The van der Waals surface area contributed by atoms with Crippen LogP contribution in [-0.4, -0.2) is 47.7 Å². The van der Waals surface area contributed by atoms with Crippen LogP contribution in [0, 0.1) is 16.0 Å². The summed E-state index contributed by atoms with van der Waals surface area (Å²) < 4.78 is 4.98. The smallest absolute Gasteiger partial charge is 0.337 e. The lowest BCUT2D eigenvalue weighted by Gasteiger charge is -2.44. The molecule has 1 N–H and O–H groups in total. The summed E-state index contributed by atoms with van der Waals surface area (Å²) in [7, 11) is 1.21. The second-order valence-electron chi connectivity index (χ2n) is 7.74. The molecule has 1 aromatic rings. The molecule has 0 unspecified atom stereocenters. The molecule has 0 spiro atoms. The van der Waals surface area contributed by atoms with E-state index < -0.39 is 22.7 Å². The third-order valence-corrected chi connectivity index (χ3v) is 5.77. The molecular weight excluding hydrogens is 390 g/mol. The first-order valence-corrected chi connectivity index (χ1v) is 9.72. The number of ether oxygens (including phenoxy) is 1. The average Bonchev–Trinajstić information content (AvgIpc) is 2.72. The Balaban J connectivity index is 2.02. The molecule has 2 atom stereocenters. The van der Waals surface area contributed by atoms with Crippen molar-refractivity contribution in [1.29, 1.82) is 0 Å². The molecule has 30 heavy (non-hydrogen) atoms. The number of rotatable bonds is 3. The minimum Gasteiger partial charge on any atom is -0.466 e. The van der Waals surface area contributed by atoms with Crippen molar-refractivity contribution in [1.82, 2.24) is 10.2 Å². The van der Waals surface area contributed by atoms with Crippen LogP contribution in [-0.2, 0) is 19.1 Å². The SMILES string of the molecule is COC(=O)C1=C2C(=O)NCCN2C2=C(C(=O)C[C@H](C)C2)[C@H]1c1cccc([N+](=O)[O-])c1. The molecule has 0 aromatic heterocycles. The number of Topliss-reactive ketones (excluding diaryl/α,β-unsaturated/α-hetero) is 1. The summed E-state index contributed by atoms with van der Waals surface area (Å²) in [6, 6.07) is 5.83. The van der Waals surface area contributed by atoms with Crippen LogP contribution < -0.4 is 5.32 Å². The lowest BCUT2D eigenvalue weighted by Crippen LogP contribution is -2.50. The summed E-state index contributed by atoms with van der Waals surface area (Å²) in [4.78, 5) is 51.4. The molecule has 2 heterocycles. The maximum atomic E-state index is 13.2. The molecule has 1 aromatic carbocycles. The lowest BCUT2D eigenvalue weighted by molar-refractivity contribution is -0.384. The van der Waals surface area contributed by atoms with E-state index >= 15 is 0 Å². The molecule has 2 aliphatic heterocycles. The summed E-state index contributed by atoms with van der Waals surface area (Å²) in [6.45, 7) is 2.78. The fourth-order valence-electron chi connectivity index (χ4n) is 4.58. The van der Waals surface area contributed by atoms with Crippen LogP contribution in [0.5, 0.6) is 0 Å². The van der Waals surface area contributed by atoms with Gasteiger partial charge in [-0.1, -0.05) is 19.1 Å². The molecule has 0 bridgehead atoms. The number of piperazine rings is 1. The largest absolute Gasteiger partial charge is 0.466 e. The van der Waals surface area contributed by atoms with Gasteiger partial charge in [0.2, 0.25) is 0 Å². The van der Waals surface area contributed by atoms with E-state index in [-0.39, 0.29) is 28.7 Å². The summed E-state index contributed by atoms with van der Waals surface area (Å²) in [6.07, 6.45) is 0.895. The number of nitro benzene ring substituents is 1. The topological polar surface area (TPSA) is 119 Å². The van der Waals surface area contributed by atoms with E-state index in [2.05, 4.69) is 5.32 Å². The Bertz CT molecular complexity index is 1040. The summed E-state index contributed by atoms with van der Waals surface area (Å²) >= 11 is 0. The first-order valence-electron chi connectivity index (χ1n) is 9.72. The van der Waals surface area contributed by atoms with Crippen LogP contribution >= 0.6 is 0 Å². The van der Waals surface area contributed by atoms with Gasteiger partial charge in [-0.25, -0.2) is 4.79 Å². The third kappa shape index (κ3) is 3.06. The van der Waals surface area contributed by atoms with Gasteiger partial charge < -0.3 is 15.0 Å². The Labute approximate surface area is 172 Å². The number of allylic oxidation sites excluding steroid dienone is 2. The van der Waals surface area contributed by atoms with Crippen molar-refractivity contribution in [3.63, 3.8) is 0 Å². The quantitative estimate of drug-likeness (QED) is 0.458. The Morgan fingerprint density at radius 1 is 1.30 bits per heavy atom. The van der Waals surface area contributed by atoms with Gasteiger partial charge in [0.1, 0.15) is 5.70 Å². The fraction of sp³-hybridized carbons (Fsp3) is 0.381. The summed E-state index contributed by atoms with van der Waals surface area (Å²) in [5.41, 5.74) is 1.59. The minimum atomic E-state index is -0.901. The molecule has 0 radical (unpaired) electrons. The monoisotopic (exact) mass is 411 g/mol. The maximum absolute atomic E-state index is 13.2. The second-order valence-corrected chi connectivity index (χ2v) is 7.74. The molecule has 1 saturated heterocycles. The Morgan fingerprint density at radius 3 is 2.77 bits per heavy atom. The number of carbonyl (C=O) groups is 3. The third-order valence-electron chi connectivity index (χ3n) is 5.77. The van der Waals surface area contributed by atoms with Crippen LogP contribution in [0.1, 0.15) is 31.2 Å². The van der Waals surface area contributed by atoms with Crippen molar-refractivity contribution in [3.05, 3.63) is 62.5 Å². The number of nitrogens with one attached hydrogen (secondary N) is 1. The highest BCUT2D eigenvalue weighted by Crippen LogP contribution is 2.48. The van der Waals surface area contributed by atoms with E-state index in [1.807, 2.05) is 6.92 Å². The zero-order valence-corrected chi connectivity index (χ0v) is 16.6. The van der Waals surface area contributed by atoms with Gasteiger partial charge in [-0.05, 0) is 17.9 Å². The molecule has 9 heteroatoms. The highest BCUT2D eigenvalue weighted by molar-refractivity contribution is 6.09. The van der Waals surface area contributed by atoms with Gasteiger partial charge in [-0.15, -0.1) is 0 Å². The van der Waals surface area contributed by atoms with Gasteiger partial charge in [-0.2, -0.15) is 0 Å². The molecule has 0 saturated carbocycles. The van der Waals surface area contributed by atoms with Gasteiger partial charge >= 0.3 is 5.97 Å². The van der Waals surface area contributed by atoms with Crippen LogP contribution in [0.15, 0.2) is 46.8 Å². The van der Waals surface area contributed by atoms with Crippen molar-refractivity contribution in [2.45, 2.75) is 25.7 Å². The number of carbonyl (C=O) groups excluding carboxylic acids is 3. The number of ketones is 1. The highest BCUT2D eigenvalue weighted by Gasteiger charge is 2.47. The molecule has 4 rings (SSSR count). The Hall–Kier alpha value is -3.49. The first kappa shape index (κ1) is 19.8. The zero-order valence-electron chi connectivity index (χ0n) is 16.6. The zero-order chi connectivity index (χ0) is 21.6. The number of methoxy groups -OCH3 is 1. The molecule has 1 fully saturated rings. The number of amides is 1. The molecule has 3 aliphatic rings. The van der Waals surface area contributed by atoms with Crippen LogP contribution in [0.4, 0.5) is 5.69 Å². The van der Waals surface area contributed by atoms with E-state index in [4.69, 9.17) is 4.74 Å². The summed E-state index contributed by atoms with van der Waals surface area (Å²) in [5, 5.41) is 14.1. The van der Waals surface area contributed by atoms with Crippen molar-refractivity contribution in [2.75, 3.05) is 20.2 Å². The van der Waals surface area contributed by atoms with E-state index in [9.17, 15) is 24.5 Å². The number of nitro groups is 1. The van der Waals surface area contributed by atoms with Gasteiger partial charge in [0, 0.05) is 48.8 Å². The number of nitrogens with zero attached hydrogens (tertiary/aromatic N) is 2. The number of benzene rings is 1. The summed E-state index contributed by atoms with van der Waals surface area (Å²) in [5.74, 6) is -2.09. The number of non-ortho nitro benzene ring substituents is 1. The van der Waals surface area contributed by atoms with Crippen molar-refractivity contribution < 1.29 is 24.0 Å². The van der Waals surface area contributed by atoms with Crippen molar-refractivity contribution in [2.24, 2.45) is 5.92 Å². The maximum Gasteiger partial charge on any atom is 0.337 e. The normalized spacial score (nSPS) is 23.6. The molecule has 1 amide bonds. The van der Waals surface area contributed by atoms with Crippen LogP contribution in [0.2, 0.25) is 0 Å². The number of hydrogen-bond donors (Lipinski definition) is 1. The van der Waals surface area contributed by atoms with Gasteiger partial charge in [0.05, 0.1) is 17.6 Å². The minimum absolute atomic E-state index is 0.0388. The Morgan fingerprint density at radius 2 is 2.07 bits per heavy atom. The van der Waals surface area contributed by atoms with Gasteiger partial charge in [0.25, 0.3) is 11.6 Å². The number of hydrogen-bond acceptors (Lipinski definition) is 7. The van der Waals surface area contributed by atoms with Crippen molar-refractivity contribution >= 4 is 23.3 Å². The van der Waals surface area contributed by atoms with Gasteiger partial charge in [-0.3, -0.25) is 19.7 Å². The average molecular weight is 411 g/mol. The first-order chi connectivity index (χ1) is 14.3. The second kappa shape index (κ2) is 7.40. The van der Waals surface area contributed by atoms with Gasteiger partial charge in [0.15, 0.2) is 5.78 Å². The van der Waals surface area contributed by atoms with E-state index in [1.54, 1.807) is 11.0 Å². The standard InChI is InChI=1S/C21H21N3O6/c1-11-8-14-17(15(25)9-11)16(12-4-3-5-13(10-12)24(28)29)18(21(27)30-2)19-20(26)22-6-7-23(14)19/h3-5,10-11,16H,6-9H2,1-2H3,(H,22,26)/t11-,16-/m1/s1. The fourth-order valence-corrected chi connectivity index (χ4v) is 4.58. The number of esters is 1. The van der Waals surface area contributed by atoms with Crippen molar-refractivity contribution in [3.8, 4) is 0 Å². The molecular formula is C21H21N3O6. The van der Waals surface area contributed by atoms with E-state index in [0.717, 1.165) is 0 Å². The number of fused-ring (bicyclic) bond motifs is 2. The van der Waals surface area contributed by atoms with E-state index in [1.165, 1.54) is 25.3 Å². The highest BCUT2D eigenvalue weighted by atomic mass is 16.6. The van der Waals surface area contributed by atoms with Crippen LogP contribution in [0.25, 0.3) is 0 Å². The molecule has 1 aliphatic carbocycles. The predicted molar refractivity (Wildman–Crippen MR) is 105 cm³/mol.